The summed E-state index contributed by atoms with van der Waals surface area (Å²) in [6.45, 7) is 4.36. The van der Waals surface area contributed by atoms with Crippen molar-refractivity contribution in [3.05, 3.63) is 47.0 Å². The summed E-state index contributed by atoms with van der Waals surface area (Å²) in [6, 6.07) is 6.12. The lowest BCUT2D eigenvalue weighted by atomic mass is 10.1. The van der Waals surface area contributed by atoms with Crippen LogP contribution < -0.4 is 0 Å². The Morgan fingerprint density at radius 3 is 2.95 bits per heavy atom. The zero-order valence-corrected chi connectivity index (χ0v) is 11.1. The van der Waals surface area contributed by atoms with Crippen LogP contribution in [0, 0.1) is 13.8 Å². The van der Waals surface area contributed by atoms with Crippen LogP contribution in [0.4, 0.5) is 0 Å². The highest BCUT2D eigenvalue weighted by atomic mass is 16.5. The van der Waals surface area contributed by atoms with Crippen molar-refractivity contribution in [2.45, 2.75) is 33.3 Å². The number of benzene rings is 1. The summed E-state index contributed by atoms with van der Waals surface area (Å²) < 4.78 is 5.26. The normalized spacial score (nSPS) is 10.4. The predicted molar refractivity (Wildman–Crippen MR) is 70.4 cm³/mol. The van der Waals surface area contributed by atoms with Crippen LogP contribution in [-0.4, -0.2) is 21.2 Å². The summed E-state index contributed by atoms with van der Waals surface area (Å²) in [5.74, 6) is 0.473. The van der Waals surface area contributed by atoms with Crippen molar-refractivity contribution < 1.29 is 9.53 Å². The maximum atomic E-state index is 11.6. The molecule has 5 nitrogen and oxygen atoms in total. The average molecular weight is 259 g/mol. The van der Waals surface area contributed by atoms with Gasteiger partial charge in [0, 0.05) is 6.42 Å². The number of nitrogens with zero attached hydrogens (tertiary/aromatic N) is 2. The average Bonchev–Trinajstić information content (AvgIpc) is 2.90. The van der Waals surface area contributed by atoms with Gasteiger partial charge in [-0.05, 0) is 25.0 Å². The second kappa shape index (κ2) is 6.13. The highest BCUT2D eigenvalue weighted by Gasteiger charge is 2.07. The lowest BCUT2D eigenvalue weighted by molar-refractivity contribution is -0.144. The largest absolute Gasteiger partial charge is 0.461 e. The zero-order chi connectivity index (χ0) is 13.7. The number of hydrogen-bond donors (Lipinski definition) is 1. The van der Waals surface area contributed by atoms with Gasteiger partial charge < -0.3 is 4.74 Å². The highest BCUT2D eigenvalue weighted by molar-refractivity contribution is 5.69. The number of carbonyl (C=O) groups excluding carboxylic acids is 1. The van der Waals surface area contributed by atoms with Crippen molar-refractivity contribution >= 4 is 5.97 Å². The van der Waals surface area contributed by atoms with E-state index in [1.165, 1.54) is 11.9 Å². The van der Waals surface area contributed by atoms with Crippen LogP contribution in [0.2, 0.25) is 0 Å². The van der Waals surface area contributed by atoms with E-state index in [4.69, 9.17) is 4.74 Å². The molecule has 0 atom stereocenters. The van der Waals surface area contributed by atoms with Crippen molar-refractivity contribution in [2.24, 2.45) is 0 Å². The number of aryl methyl sites for hydroxylation is 3. The molecule has 0 unspecified atom stereocenters. The summed E-state index contributed by atoms with van der Waals surface area (Å²) in [5, 5.41) is 6.44. The first-order chi connectivity index (χ1) is 9.15. The minimum atomic E-state index is -0.225. The van der Waals surface area contributed by atoms with Crippen LogP contribution in [-0.2, 0) is 22.6 Å². The molecular weight excluding hydrogens is 242 g/mol. The number of aromatic nitrogens is 3. The number of aromatic amines is 1. The van der Waals surface area contributed by atoms with Gasteiger partial charge in [0.25, 0.3) is 0 Å². The van der Waals surface area contributed by atoms with Crippen LogP contribution in [0.3, 0.4) is 0 Å². The fourth-order valence-electron chi connectivity index (χ4n) is 1.76. The minimum Gasteiger partial charge on any atom is -0.461 e. The lowest BCUT2D eigenvalue weighted by Crippen LogP contribution is -2.07. The van der Waals surface area contributed by atoms with Crippen LogP contribution in [0.25, 0.3) is 0 Å². The first kappa shape index (κ1) is 13.3. The Kier molecular flexibility index (Phi) is 4.28. The van der Waals surface area contributed by atoms with Gasteiger partial charge >= 0.3 is 5.97 Å². The van der Waals surface area contributed by atoms with E-state index in [-0.39, 0.29) is 5.97 Å². The third-order valence-corrected chi connectivity index (χ3v) is 2.92. The second-order valence-corrected chi connectivity index (χ2v) is 4.52. The van der Waals surface area contributed by atoms with Crippen LogP contribution in [0.5, 0.6) is 0 Å². The van der Waals surface area contributed by atoms with E-state index < -0.39 is 0 Å². The third kappa shape index (κ3) is 3.91. The Balaban J connectivity index is 1.81. The summed E-state index contributed by atoms with van der Waals surface area (Å²) in [4.78, 5) is 15.6. The van der Waals surface area contributed by atoms with Gasteiger partial charge in [-0.25, -0.2) is 4.98 Å². The first-order valence-corrected chi connectivity index (χ1v) is 6.21. The van der Waals surface area contributed by atoms with Gasteiger partial charge in [-0.1, -0.05) is 23.8 Å². The standard InChI is InChI=1S/C14H17N3O2/c1-10-3-4-11(2)12(7-10)8-19-14(18)6-5-13-15-9-16-17-13/h3-4,7,9H,5-6,8H2,1-2H3,(H,15,16,17). The van der Waals surface area contributed by atoms with Gasteiger partial charge in [-0.3, -0.25) is 9.89 Å². The van der Waals surface area contributed by atoms with Crippen molar-refractivity contribution in [1.29, 1.82) is 0 Å². The molecule has 1 aromatic heterocycles. The summed E-state index contributed by atoms with van der Waals surface area (Å²) in [7, 11) is 0. The number of hydrogen-bond acceptors (Lipinski definition) is 4. The molecule has 2 rings (SSSR count). The van der Waals surface area contributed by atoms with Gasteiger partial charge in [0.15, 0.2) is 0 Å². The van der Waals surface area contributed by atoms with E-state index in [1.54, 1.807) is 0 Å². The van der Waals surface area contributed by atoms with Gasteiger partial charge in [0.2, 0.25) is 0 Å². The molecule has 0 aliphatic rings. The molecule has 0 aliphatic heterocycles. The number of ether oxygens (including phenoxy) is 1. The van der Waals surface area contributed by atoms with Crippen molar-refractivity contribution in [3.63, 3.8) is 0 Å². The molecule has 100 valence electrons. The van der Waals surface area contributed by atoms with Crippen molar-refractivity contribution in [2.75, 3.05) is 0 Å². The van der Waals surface area contributed by atoms with Gasteiger partial charge in [-0.15, -0.1) is 0 Å². The molecule has 0 amide bonds. The molecule has 1 aromatic carbocycles. The van der Waals surface area contributed by atoms with Crippen molar-refractivity contribution in [1.82, 2.24) is 15.2 Å². The summed E-state index contributed by atoms with van der Waals surface area (Å²) in [5.41, 5.74) is 3.35. The van der Waals surface area contributed by atoms with Crippen molar-refractivity contribution in [3.8, 4) is 0 Å². The molecule has 19 heavy (non-hydrogen) atoms. The molecule has 0 aliphatic carbocycles. The van der Waals surface area contributed by atoms with E-state index >= 15 is 0 Å². The molecule has 0 saturated heterocycles. The molecule has 1 heterocycles. The molecule has 0 saturated carbocycles. The van der Waals surface area contributed by atoms with Gasteiger partial charge in [0.05, 0.1) is 6.42 Å². The molecule has 0 spiro atoms. The molecule has 0 radical (unpaired) electrons. The Morgan fingerprint density at radius 2 is 2.21 bits per heavy atom. The fourth-order valence-corrected chi connectivity index (χ4v) is 1.76. The SMILES string of the molecule is Cc1ccc(C)c(COC(=O)CCc2ncn[nH]2)c1. The molecular formula is C14H17N3O2. The van der Waals surface area contributed by atoms with E-state index in [9.17, 15) is 4.79 Å². The maximum Gasteiger partial charge on any atom is 0.306 e. The molecule has 0 bridgehead atoms. The van der Waals surface area contributed by atoms with Gasteiger partial charge in [0.1, 0.15) is 18.8 Å². The Morgan fingerprint density at radius 1 is 1.37 bits per heavy atom. The number of carbonyl (C=O) groups is 1. The Hall–Kier alpha value is -2.17. The number of H-pyrrole nitrogens is 1. The topological polar surface area (TPSA) is 67.9 Å². The van der Waals surface area contributed by atoms with E-state index in [1.807, 2.05) is 32.0 Å². The fraction of sp³-hybridized carbons (Fsp3) is 0.357. The smallest absolute Gasteiger partial charge is 0.306 e. The summed E-state index contributed by atoms with van der Waals surface area (Å²) in [6.07, 6.45) is 2.25. The zero-order valence-electron chi connectivity index (χ0n) is 11.1. The Bertz CT molecular complexity index is 550. The second-order valence-electron chi connectivity index (χ2n) is 4.52. The highest BCUT2D eigenvalue weighted by Crippen LogP contribution is 2.12. The minimum absolute atomic E-state index is 0.225. The first-order valence-electron chi connectivity index (χ1n) is 6.21. The molecule has 2 aromatic rings. The summed E-state index contributed by atoms with van der Waals surface area (Å²) >= 11 is 0. The Labute approximate surface area is 112 Å². The number of rotatable bonds is 5. The number of nitrogens with one attached hydrogen (secondary N) is 1. The van der Waals surface area contributed by atoms with Gasteiger partial charge in [-0.2, -0.15) is 5.10 Å². The van der Waals surface area contributed by atoms with E-state index in [0.717, 1.165) is 11.1 Å². The van der Waals surface area contributed by atoms with E-state index in [0.29, 0.717) is 25.3 Å². The monoisotopic (exact) mass is 259 g/mol. The number of esters is 1. The quantitative estimate of drug-likeness (QED) is 0.835. The lowest BCUT2D eigenvalue weighted by Gasteiger charge is -2.08. The maximum absolute atomic E-state index is 11.6. The third-order valence-electron chi connectivity index (χ3n) is 2.92. The predicted octanol–water partition coefficient (Wildman–Crippen LogP) is 2.10. The van der Waals surface area contributed by atoms with Crippen LogP contribution >= 0.6 is 0 Å². The van der Waals surface area contributed by atoms with Crippen LogP contribution in [0.1, 0.15) is 28.9 Å². The molecule has 1 N–H and O–H groups in total. The molecule has 5 heteroatoms. The molecule has 0 fully saturated rings. The van der Waals surface area contributed by atoms with E-state index in [2.05, 4.69) is 15.2 Å². The van der Waals surface area contributed by atoms with Crippen LogP contribution in [0.15, 0.2) is 24.5 Å².